The molecule has 3 N–H and O–H groups in total. The zero-order valence-electron chi connectivity index (χ0n) is 16.7. The van der Waals surface area contributed by atoms with Gasteiger partial charge in [-0.3, -0.25) is 14.3 Å². The molecule has 0 saturated heterocycles. The van der Waals surface area contributed by atoms with Gasteiger partial charge in [-0.1, -0.05) is 13.0 Å². The number of amides is 2. The molecule has 0 fully saturated rings. The van der Waals surface area contributed by atoms with Gasteiger partial charge in [0.2, 0.25) is 5.91 Å². The first kappa shape index (κ1) is 20.1. The van der Waals surface area contributed by atoms with Crippen LogP contribution in [0, 0.1) is 13.8 Å². The zero-order valence-corrected chi connectivity index (χ0v) is 16.7. The number of primary amides is 1. The molecule has 0 radical (unpaired) electrons. The fourth-order valence-corrected chi connectivity index (χ4v) is 3.10. The highest BCUT2D eigenvalue weighted by Gasteiger charge is 2.18. The van der Waals surface area contributed by atoms with Gasteiger partial charge < -0.3 is 15.8 Å². The highest BCUT2D eigenvalue weighted by Crippen LogP contribution is 2.24. The second-order valence-corrected chi connectivity index (χ2v) is 6.74. The average molecular weight is 392 g/mol. The number of carbonyl (C=O) groups excluding carboxylic acids is 2. The molecule has 150 valence electrons. The molecular formula is C22H24N4O3. The van der Waals surface area contributed by atoms with Crippen LogP contribution in [-0.2, 0) is 6.54 Å². The molecule has 2 amide bonds. The van der Waals surface area contributed by atoms with Crippen LogP contribution in [0.15, 0.2) is 48.5 Å². The number of hydrogen-bond donors (Lipinski definition) is 2. The summed E-state index contributed by atoms with van der Waals surface area (Å²) in [5, 5.41) is 7.35. The topological polar surface area (TPSA) is 99.2 Å². The van der Waals surface area contributed by atoms with Crippen LogP contribution in [-0.4, -0.2) is 21.6 Å². The Morgan fingerprint density at radius 1 is 1.10 bits per heavy atom. The van der Waals surface area contributed by atoms with Crippen molar-refractivity contribution < 1.29 is 14.3 Å². The average Bonchev–Trinajstić information content (AvgIpc) is 2.97. The van der Waals surface area contributed by atoms with Crippen molar-refractivity contribution in [1.29, 1.82) is 0 Å². The fraction of sp³-hybridized carbons (Fsp3) is 0.227. The van der Waals surface area contributed by atoms with E-state index in [1.807, 2.05) is 18.5 Å². The number of ether oxygens (including phenoxy) is 1. The fourth-order valence-electron chi connectivity index (χ4n) is 3.10. The van der Waals surface area contributed by atoms with Crippen LogP contribution in [0.5, 0.6) is 11.5 Å². The lowest BCUT2D eigenvalue weighted by Crippen LogP contribution is -2.14. The Hall–Kier alpha value is -3.61. The number of aromatic nitrogens is 2. The van der Waals surface area contributed by atoms with E-state index in [2.05, 4.69) is 17.3 Å². The second-order valence-electron chi connectivity index (χ2n) is 6.74. The molecular weight excluding hydrogens is 368 g/mol. The quantitative estimate of drug-likeness (QED) is 0.633. The number of hydrogen-bond acceptors (Lipinski definition) is 4. The summed E-state index contributed by atoms with van der Waals surface area (Å²) in [7, 11) is 0. The smallest absolute Gasteiger partial charge is 0.259 e. The SMILES string of the molecule is CCCn1nc(C)c(C(=O)Nc2ccc(Oc3cccc(C(N)=O)c3)cc2)c1C. The van der Waals surface area contributed by atoms with Crippen molar-refractivity contribution in [3.8, 4) is 11.5 Å². The third-order valence-corrected chi connectivity index (χ3v) is 4.51. The van der Waals surface area contributed by atoms with Gasteiger partial charge in [-0.05, 0) is 62.7 Å². The number of anilines is 1. The van der Waals surface area contributed by atoms with Crippen molar-refractivity contribution in [3.63, 3.8) is 0 Å². The van der Waals surface area contributed by atoms with E-state index in [-0.39, 0.29) is 5.91 Å². The largest absolute Gasteiger partial charge is 0.457 e. The van der Waals surface area contributed by atoms with Gasteiger partial charge in [0.15, 0.2) is 0 Å². The van der Waals surface area contributed by atoms with E-state index in [0.29, 0.717) is 34.0 Å². The minimum atomic E-state index is -0.513. The molecule has 0 saturated carbocycles. The number of carbonyl (C=O) groups is 2. The molecule has 3 rings (SSSR count). The highest BCUT2D eigenvalue weighted by molar-refractivity contribution is 6.05. The minimum Gasteiger partial charge on any atom is -0.457 e. The predicted molar refractivity (Wildman–Crippen MR) is 111 cm³/mol. The van der Waals surface area contributed by atoms with Crippen LogP contribution in [0.4, 0.5) is 5.69 Å². The Balaban J connectivity index is 1.70. The number of benzene rings is 2. The number of nitrogens with zero attached hydrogens (tertiary/aromatic N) is 2. The summed E-state index contributed by atoms with van der Waals surface area (Å²) < 4.78 is 7.61. The molecule has 7 heteroatoms. The lowest BCUT2D eigenvalue weighted by molar-refractivity contribution is 0.0997. The molecule has 0 bridgehead atoms. The normalized spacial score (nSPS) is 10.6. The minimum absolute atomic E-state index is 0.190. The number of nitrogens with one attached hydrogen (secondary N) is 1. The molecule has 0 spiro atoms. The van der Waals surface area contributed by atoms with Crippen LogP contribution < -0.4 is 15.8 Å². The third-order valence-electron chi connectivity index (χ3n) is 4.51. The summed E-state index contributed by atoms with van der Waals surface area (Å²) in [4.78, 5) is 24.0. The summed E-state index contributed by atoms with van der Waals surface area (Å²) in [5.41, 5.74) is 8.48. The molecule has 0 aliphatic carbocycles. The van der Waals surface area contributed by atoms with Crippen molar-refractivity contribution >= 4 is 17.5 Å². The van der Waals surface area contributed by atoms with E-state index >= 15 is 0 Å². The van der Waals surface area contributed by atoms with Crippen molar-refractivity contribution in [2.24, 2.45) is 5.73 Å². The molecule has 3 aromatic rings. The summed E-state index contributed by atoms with van der Waals surface area (Å²) in [6.45, 7) is 6.60. The summed E-state index contributed by atoms with van der Waals surface area (Å²) >= 11 is 0. The van der Waals surface area contributed by atoms with E-state index in [9.17, 15) is 9.59 Å². The zero-order chi connectivity index (χ0) is 21.0. The van der Waals surface area contributed by atoms with Gasteiger partial charge in [0, 0.05) is 23.5 Å². The number of nitrogens with two attached hydrogens (primary N) is 1. The molecule has 1 heterocycles. The lowest BCUT2D eigenvalue weighted by Gasteiger charge is -2.09. The van der Waals surface area contributed by atoms with E-state index < -0.39 is 5.91 Å². The monoisotopic (exact) mass is 392 g/mol. The Kier molecular flexibility index (Phi) is 5.97. The van der Waals surface area contributed by atoms with Crippen molar-refractivity contribution in [2.75, 3.05) is 5.32 Å². The van der Waals surface area contributed by atoms with Gasteiger partial charge in [-0.15, -0.1) is 0 Å². The molecule has 0 aliphatic rings. The van der Waals surface area contributed by atoms with Gasteiger partial charge in [0.1, 0.15) is 11.5 Å². The Morgan fingerprint density at radius 2 is 1.83 bits per heavy atom. The van der Waals surface area contributed by atoms with E-state index in [0.717, 1.165) is 18.7 Å². The van der Waals surface area contributed by atoms with E-state index in [4.69, 9.17) is 10.5 Å². The maximum atomic E-state index is 12.7. The van der Waals surface area contributed by atoms with Gasteiger partial charge in [0.05, 0.1) is 11.3 Å². The molecule has 29 heavy (non-hydrogen) atoms. The van der Waals surface area contributed by atoms with Gasteiger partial charge in [-0.2, -0.15) is 5.10 Å². The van der Waals surface area contributed by atoms with Crippen LogP contribution >= 0.6 is 0 Å². The molecule has 1 aromatic heterocycles. The van der Waals surface area contributed by atoms with Crippen molar-refractivity contribution in [1.82, 2.24) is 9.78 Å². The maximum absolute atomic E-state index is 12.7. The molecule has 0 aliphatic heterocycles. The third kappa shape index (κ3) is 4.63. The number of rotatable bonds is 7. The lowest BCUT2D eigenvalue weighted by atomic mass is 10.1. The second kappa shape index (κ2) is 8.60. The maximum Gasteiger partial charge on any atom is 0.259 e. The molecule has 0 unspecified atom stereocenters. The van der Waals surface area contributed by atoms with Crippen LogP contribution in [0.3, 0.4) is 0 Å². The molecule has 2 aromatic carbocycles. The van der Waals surface area contributed by atoms with Crippen molar-refractivity contribution in [2.45, 2.75) is 33.7 Å². The van der Waals surface area contributed by atoms with E-state index in [1.165, 1.54) is 0 Å². The van der Waals surface area contributed by atoms with Gasteiger partial charge >= 0.3 is 0 Å². The Labute approximate surface area is 169 Å². The summed E-state index contributed by atoms with van der Waals surface area (Å²) in [6, 6.07) is 13.6. The molecule has 7 nitrogen and oxygen atoms in total. The van der Waals surface area contributed by atoms with Crippen LogP contribution in [0.1, 0.15) is 45.4 Å². The summed E-state index contributed by atoms with van der Waals surface area (Å²) in [5.74, 6) is 0.381. The number of aryl methyl sites for hydroxylation is 2. The van der Waals surface area contributed by atoms with Crippen LogP contribution in [0.2, 0.25) is 0 Å². The predicted octanol–water partition coefficient (Wildman–Crippen LogP) is 4.05. The first-order valence-electron chi connectivity index (χ1n) is 9.42. The van der Waals surface area contributed by atoms with Crippen LogP contribution in [0.25, 0.3) is 0 Å². The first-order chi connectivity index (χ1) is 13.9. The standard InChI is InChI=1S/C22H24N4O3/c1-4-12-26-15(3)20(14(2)25-26)22(28)24-17-8-10-18(11-9-17)29-19-7-5-6-16(13-19)21(23)27/h5-11,13H,4,12H2,1-3H3,(H2,23,27)(H,24,28). The highest BCUT2D eigenvalue weighted by atomic mass is 16.5. The molecule has 0 atom stereocenters. The van der Waals surface area contributed by atoms with E-state index in [1.54, 1.807) is 48.5 Å². The Morgan fingerprint density at radius 3 is 2.48 bits per heavy atom. The van der Waals surface area contributed by atoms with Gasteiger partial charge in [0.25, 0.3) is 5.91 Å². The van der Waals surface area contributed by atoms with Crippen molar-refractivity contribution in [3.05, 3.63) is 71.0 Å². The summed E-state index contributed by atoms with van der Waals surface area (Å²) in [6.07, 6.45) is 0.951. The van der Waals surface area contributed by atoms with Gasteiger partial charge in [-0.25, -0.2) is 0 Å². The Bertz CT molecular complexity index is 1040. The first-order valence-corrected chi connectivity index (χ1v) is 9.42.